The largest absolute Gasteiger partial charge is 1.00 e. The average Bonchev–Trinajstić information content (AvgIpc) is 1.88. The number of hydrogen-bond donors (Lipinski definition) is 0. The van der Waals surface area contributed by atoms with E-state index in [9.17, 15) is 0 Å². The Bertz CT molecular complexity index is 203. The van der Waals surface area contributed by atoms with Crippen molar-refractivity contribution in [1.82, 2.24) is 9.97 Å². The van der Waals surface area contributed by atoms with E-state index in [1.165, 1.54) is 6.33 Å². The summed E-state index contributed by atoms with van der Waals surface area (Å²) < 4.78 is 0. The first-order valence-corrected chi connectivity index (χ1v) is 3.29. The van der Waals surface area contributed by atoms with Gasteiger partial charge in [-0.05, 0) is 11.7 Å². The Balaban J connectivity index is 0.000001000. The van der Waals surface area contributed by atoms with Gasteiger partial charge in [0.15, 0.2) is 0 Å². The standard InChI is InChI=1S/C8H11N2.Rb/c1-8(2,3)7-4-9-6-10-5-7;/h4,6H,1-3H3;/q-1;+1. The van der Waals surface area contributed by atoms with Gasteiger partial charge in [0.05, 0.1) is 0 Å². The quantitative estimate of drug-likeness (QED) is 0.502. The third-order valence-electron chi connectivity index (χ3n) is 1.32. The first-order valence-electron chi connectivity index (χ1n) is 3.29. The molecule has 0 saturated carbocycles. The van der Waals surface area contributed by atoms with Crippen LogP contribution in [0.1, 0.15) is 26.3 Å². The van der Waals surface area contributed by atoms with E-state index in [1.54, 1.807) is 6.20 Å². The Morgan fingerprint density at radius 1 is 1.36 bits per heavy atom. The zero-order chi connectivity index (χ0) is 7.61. The molecule has 0 aliphatic carbocycles. The Morgan fingerprint density at radius 2 is 2.00 bits per heavy atom. The van der Waals surface area contributed by atoms with Gasteiger partial charge in [0.25, 0.3) is 0 Å². The fourth-order valence-electron chi connectivity index (χ4n) is 0.630. The molecule has 11 heavy (non-hydrogen) atoms. The van der Waals surface area contributed by atoms with Crippen LogP contribution < -0.4 is 58.2 Å². The zero-order valence-corrected chi connectivity index (χ0v) is 12.5. The molecular weight excluding hydrogens is 210 g/mol. The fourth-order valence-corrected chi connectivity index (χ4v) is 0.630. The van der Waals surface area contributed by atoms with Crippen LogP contribution in [0.2, 0.25) is 0 Å². The maximum absolute atomic E-state index is 3.91. The van der Waals surface area contributed by atoms with Crippen LogP contribution in [-0.2, 0) is 5.41 Å². The van der Waals surface area contributed by atoms with Crippen molar-refractivity contribution in [3.63, 3.8) is 0 Å². The Hall–Kier alpha value is 0.885. The van der Waals surface area contributed by atoms with Crippen LogP contribution in [0.3, 0.4) is 0 Å². The maximum atomic E-state index is 3.91. The van der Waals surface area contributed by atoms with Gasteiger partial charge in [-0.3, -0.25) is 0 Å². The van der Waals surface area contributed by atoms with E-state index >= 15 is 0 Å². The number of hydrogen-bond acceptors (Lipinski definition) is 2. The predicted octanol–water partition coefficient (Wildman–Crippen LogP) is -1.42. The van der Waals surface area contributed by atoms with Crippen LogP contribution in [-0.4, -0.2) is 9.97 Å². The van der Waals surface area contributed by atoms with Crippen molar-refractivity contribution in [2.75, 3.05) is 0 Å². The molecule has 2 nitrogen and oxygen atoms in total. The smallest absolute Gasteiger partial charge is 0.376 e. The first-order chi connectivity index (χ1) is 4.61. The molecule has 54 valence electrons. The van der Waals surface area contributed by atoms with Crippen molar-refractivity contribution in [2.24, 2.45) is 0 Å². The van der Waals surface area contributed by atoms with Crippen molar-refractivity contribution < 1.29 is 58.2 Å². The zero-order valence-electron chi connectivity index (χ0n) is 7.55. The second-order valence-electron chi connectivity index (χ2n) is 3.30. The van der Waals surface area contributed by atoms with Crippen molar-refractivity contribution >= 4 is 0 Å². The summed E-state index contributed by atoms with van der Waals surface area (Å²) in [6, 6.07) is 0. The van der Waals surface area contributed by atoms with Crippen LogP contribution in [0.4, 0.5) is 0 Å². The Kier molecular flexibility index (Phi) is 5.19. The second kappa shape index (κ2) is 4.80. The minimum Gasteiger partial charge on any atom is -0.376 e. The van der Waals surface area contributed by atoms with E-state index in [4.69, 9.17) is 0 Å². The van der Waals surface area contributed by atoms with Crippen LogP contribution >= 0.6 is 0 Å². The predicted molar refractivity (Wildman–Crippen MR) is 39.6 cm³/mol. The third kappa shape index (κ3) is 3.88. The average molecular weight is 221 g/mol. The van der Waals surface area contributed by atoms with E-state index in [2.05, 4.69) is 36.9 Å². The molecule has 0 spiro atoms. The SMILES string of the molecule is CC(C)(C)c1[c-]ncnc1.[Rb+]. The maximum Gasteiger partial charge on any atom is 1.00 e. The summed E-state index contributed by atoms with van der Waals surface area (Å²) in [6.45, 7) is 6.34. The minimum absolute atomic E-state index is 0. The molecule has 1 heterocycles. The van der Waals surface area contributed by atoms with Crippen LogP contribution in [0.5, 0.6) is 0 Å². The molecule has 0 aliphatic heterocycles. The van der Waals surface area contributed by atoms with E-state index in [0.29, 0.717) is 0 Å². The minimum atomic E-state index is 0. The summed E-state index contributed by atoms with van der Waals surface area (Å²) in [5, 5.41) is 0. The molecule has 0 saturated heterocycles. The van der Waals surface area contributed by atoms with Gasteiger partial charge < -0.3 is 9.97 Å². The Morgan fingerprint density at radius 3 is 2.27 bits per heavy atom. The summed E-state index contributed by atoms with van der Waals surface area (Å²) >= 11 is 0. The molecule has 1 aromatic heterocycles. The van der Waals surface area contributed by atoms with E-state index in [0.717, 1.165) is 5.56 Å². The van der Waals surface area contributed by atoms with Gasteiger partial charge in [-0.15, -0.1) is 5.56 Å². The monoisotopic (exact) mass is 220 g/mol. The molecule has 0 amide bonds. The summed E-state index contributed by atoms with van der Waals surface area (Å²) in [4.78, 5) is 7.72. The van der Waals surface area contributed by atoms with Crippen molar-refractivity contribution in [3.8, 4) is 0 Å². The van der Waals surface area contributed by atoms with Gasteiger partial charge in [0.1, 0.15) is 0 Å². The van der Waals surface area contributed by atoms with E-state index in [1.807, 2.05) is 0 Å². The molecule has 0 atom stereocenters. The van der Waals surface area contributed by atoms with Gasteiger partial charge in [0.2, 0.25) is 0 Å². The summed E-state index contributed by atoms with van der Waals surface area (Å²) in [5.74, 6) is 0. The van der Waals surface area contributed by atoms with Gasteiger partial charge in [-0.2, -0.15) is 0 Å². The number of aromatic nitrogens is 2. The van der Waals surface area contributed by atoms with E-state index in [-0.39, 0.29) is 63.6 Å². The summed E-state index contributed by atoms with van der Waals surface area (Å²) in [5.41, 5.74) is 1.16. The molecular formula is C8H11N2Rb. The number of nitrogens with zero attached hydrogens (tertiary/aromatic N) is 2. The second-order valence-corrected chi connectivity index (χ2v) is 3.30. The van der Waals surface area contributed by atoms with Crippen molar-refractivity contribution in [2.45, 2.75) is 26.2 Å². The van der Waals surface area contributed by atoms with Gasteiger partial charge in [-0.25, -0.2) is 0 Å². The normalized spacial score (nSPS) is 10.5. The summed E-state index contributed by atoms with van der Waals surface area (Å²) in [6.07, 6.45) is 6.19. The molecule has 0 unspecified atom stereocenters. The molecule has 0 N–H and O–H groups in total. The molecule has 0 bridgehead atoms. The van der Waals surface area contributed by atoms with Gasteiger partial charge in [0, 0.05) is 0 Å². The molecule has 3 heteroatoms. The molecule has 1 rings (SSSR count). The molecule has 0 aliphatic rings. The molecule has 0 aromatic carbocycles. The summed E-state index contributed by atoms with van der Waals surface area (Å²) in [7, 11) is 0. The first kappa shape index (κ1) is 11.9. The topological polar surface area (TPSA) is 25.8 Å². The van der Waals surface area contributed by atoms with Crippen LogP contribution in [0.15, 0.2) is 12.5 Å². The van der Waals surface area contributed by atoms with E-state index < -0.39 is 0 Å². The van der Waals surface area contributed by atoms with Crippen molar-refractivity contribution in [1.29, 1.82) is 0 Å². The van der Waals surface area contributed by atoms with Gasteiger partial charge >= 0.3 is 58.2 Å². The molecule has 1 aromatic rings. The van der Waals surface area contributed by atoms with Crippen LogP contribution in [0, 0.1) is 6.20 Å². The Labute approximate surface area is 117 Å². The third-order valence-corrected chi connectivity index (χ3v) is 1.32. The molecule has 0 radical (unpaired) electrons. The van der Waals surface area contributed by atoms with Crippen LogP contribution in [0.25, 0.3) is 0 Å². The van der Waals surface area contributed by atoms with Crippen molar-refractivity contribution in [3.05, 3.63) is 24.3 Å². The molecule has 0 fully saturated rings. The van der Waals surface area contributed by atoms with Gasteiger partial charge in [-0.1, -0.05) is 33.2 Å². The fraction of sp³-hybridized carbons (Fsp3) is 0.500. The number of rotatable bonds is 0.